The molecule has 2 heterocycles. The minimum atomic E-state index is -0.234. The van der Waals surface area contributed by atoms with E-state index in [0.29, 0.717) is 12.4 Å². The van der Waals surface area contributed by atoms with Crippen LogP contribution in [0.1, 0.15) is 13.3 Å². The monoisotopic (exact) mass is 231 g/mol. The van der Waals surface area contributed by atoms with Crippen LogP contribution >= 0.6 is 0 Å². The molecule has 0 aliphatic heterocycles. The summed E-state index contributed by atoms with van der Waals surface area (Å²) in [6.45, 7) is 2.69. The summed E-state index contributed by atoms with van der Waals surface area (Å²) in [7, 11) is 0. The van der Waals surface area contributed by atoms with Crippen LogP contribution < -0.4 is 10.3 Å². The Labute approximate surface area is 98.5 Å². The molecule has 2 aromatic heterocycles. The lowest BCUT2D eigenvalue weighted by Crippen LogP contribution is -2.05. The first-order valence-corrected chi connectivity index (χ1v) is 5.42. The SMILES string of the molecule is CCCOc1cncc(-c2cn[nH]c(=O)c2)c1. The number of hydrogen-bond acceptors (Lipinski definition) is 4. The second-order valence-corrected chi connectivity index (χ2v) is 3.59. The molecule has 0 unspecified atom stereocenters. The molecule has 88 valence electrons. The summed E-state index contributed by atoms with van der Waals surface area (Å²) < 4.78 is 5.48. The van der Waals surface area contributed by atoms with E-state index in [4.69, 9.17) is 4.74 Å². The minimum Gasteiger partial charge on any atom is -0.492 e. The van der Waals surface area contributed by atoms with Crippen molar-refractivity contribution < 1.29 is 4.74 Å². The first kappa shape index (κ1) is 11.3. The first-order valence-electron chi connectivity index (χ1n) is 5.42. The molecule has 17 heavy (non-hydrogen) atoms. The molecule has 0 aromatic carbocycles. The molecule has 2 rings (SSSR count). The molecule has 0 fully saturated rings. The zero-order valence-electron chi connectivity index (χ0n) is 9.51. The average molecular weight is 231 g/mol. The third kappa shape index (κ3) is 2.90. The molecule has 0 bridgehead atoms. The number of nitrogens with one attached hydrogen (secondary N) is 1. The van der Waals surface area contributed by atoms with Crippen LogP contribution in [0, 0.1) is 0 Å². The van der Waals surface area contributed by atoms with Gasteiger partial charge >= 0.3 is 0 Å². The maximum atomic E-state index is 11.2. The molecular weight excluding hydrogens is 218 g/mol. The highest BCUT2D eigenvalue weighted by Gasteiger charge is 2.02. The van der Waals surface area contributed by atoms with Gasteiger partial charge in [0.15, 0.2) is 0 Å². The van der Waals surface area contributed by atoms with Gasteiger partial charge in [-0.25, -0.2) is 5.10 Å². The fourth-order valence-corrected chi connectivity index (χ4v) is 1.41. The molecule has 0 aliphatic rings. The summed E-state index contributed by atoms with van der Waals surface area (Å²) in [5.41, 5.74) is 1.31. The van der Waals surface area contributed by atoms with E-state index in [2.05, 4.69) is 15.2 Å². The molecule has 0 saturated heterocycles. The summed E-state index contributed by atoms with van der Waals surface area (Å²) in [6, 6.07) is 3.33. The molecule has 0 saturated carbocycles. The van der Waals surface area contributed by atoms with Crippen molar-refractivity contribution in [1.82, 2.24) is 15.2 Å². The zero-order chi connectivity index (χ0) is 12.1. The lowest BCUT2D eigenvalue weighted by Gasteiger charge is -2.05. The van der Waals surface area contributed by atoms with Crippen molar-refractivity contribution >= 4 is 0 Å². The van der Waals surface area contributed by atoms with E-state index in [0.717, 1.165) is 17.5 Å². The van der Waals surface area contributed by atoms with Crippen LogP contribution in [0.25, 0.3) is 11.1 Å². The zero-order valence-corrected chi connectivity index (χ0v) is 9.51. The van der Waals surface area contributed by atoms with Gasteiger partial charge in [0.25, 0.3) is 5.56 Å². The summed E-state index contributed by atoms with van der Waals surface area (Å²) in [6.07, 6.45) is 5.85. The number of pyridine rings is 1. The predicted molar refractivity (Wildman–Crippen MR) is 63.9 cm³/mol. The highest BCUT2D eigenvalue weighted by atomic mass is 16.5. The normalized spacial score (nSPS) is 10.2. The van der Waals surface area contributed by atoms with Crippen LogP contribution in [0.15, 0.2) is 35.5 Å². The fraction of sp³-hybridized carbons (Fsp3) is 0.250. The van der Waals surface area contributed by atoms with Crippen LogP contribution in [0.2, 0.25) is 0 Å². The lowest BCUT2D eigenvalue weighted by molar-refractivity contribution is 0.316. The van der Waals surface area contributed by atoms with E-state index in [1.807, 2.05) is 13.0 Å². The van der Waals surface area contributed by atoms with E-state index in [1.54, 1.807) is 18.6 Å². The summed E-state index contributed by atoms with van der Waals surface area (Å²) in [4.78, 5) is 15.2. The van der Waals surface area contributed by atoms with E-state index in [1.165, 1.54) is 6.07 Å². The Morgan fingerprint density at radius 1 is 1.24 bits per heavy atom. The maximum absolute atomic E-state index is 11.2. The van der Waals surface area contributed by atoms with Gasteiger partial charge in [0.2, 0.25) is 0 Å². The molecule has 0 amide bonds. The lowest BCUT2D eigenvalue weighted by atomic mass is 10.1. The molecule has 0 radical (unpaired) electrons. The Hall–Kier alpha value is -2.17. The predicted octanol–water partition coefficient (Wildman–Crippen LogP) is 1.62. The van der Waals surface area contributed by atoms with Crippen molar-refractivity contribution in [3.8, 4) is 16.9 Å². The molecule has 1 N–H and O–H groups in total. The Bertz CT molecular complexity index is 551. The Kier molecular flexibility index (Phi) is 3.49. The number of rotatable bonds is 4. The van der Waals surface area contributed by atoms with Gasteiger partial charge in [-0.3, -0.25) is 9.78 Å². The summed E-state index contributed by atoms with van der Waals surface area (Å²) >= 11 is 0. The van der Waals surface area contributed by atoms with Crippen molar-refractivity contribution in [3.05, 3.63) is 41.1 Å². The standard InChI is InChI=1S/C12H13N3O2/c1-2-3-17-11-4-9(6-13-8-11)10-5-12(16)15-14-7-10/h4-8H,2-3H2,1H3,(H,15,16). The van der Waals surface area contributed by atoms with Crippen LogP contribution in [0.5, 0.6) is 5.75 Å². The number of aromatic amines is 1. The fourth-order valence-electron chi connectivity index (χ4n) is 1.41. The maximum Gasteiger partial charge on any atom is 0.264 e. The van der Waals surface area contributed by atoms with Gasteiger partial charge in [-0.05, 0) is 12.5 Å². The smallest absolute Gasteiger partial charge is 0.264 e. The summed E-state index contributed by atoms with van der Waals surface area (Å²) in [5, 5.41) is 6.08. The highest BCUT2D eigenvalue weighted by Crippen LogP contribution is 2.20. The van der Waals surface area contributed by atoms with E-state index in [9.17, 15) is 4.79 Å². The second-order valence-electron chi connectivity index (χ2n) is 3.59. The molecule has 0 atom stereocenters. The quantitative estimate of drug-likeness (QED) is 0.868. The van der Waals surface area contributed by atoms with Crippen LogP contribution in [0.4, 0.5) is 0 Å². The third-order valence-corrected chi connectivity index (χ3v) is 2.18. The first-order chi connectivity index (χ1) is 8.29. The highest BCUT2D eigenvalue weighted by molar-refractivity contribution is 5.62. The van der Waals surface area contributed by atoms with Crippen LogP contribution in [-0.2, 0) is 0 Å². The Morgan fingerprint density at radius 2 is 2.06 bits per heavy atom. The Morgan fingerprint density at radius 3 is 2.82 bits per heavy atom. The average Bonchev–Trinajstić information content (AvgIpc) is 2.37. The van der Waals surface area contributed by atoms with Crippen LogP contribution in [-0.4, -0.2) is 21.8 Å². The van der Waals surface area contributed by atoms with E-state index >= 15 is 0 Å². The van der Waals surface area contributed by atoms with Crippen molar-refractivity contribution in [2.45, 2.75) is 13.3 Å². The van der Waals surface area contributed by atoms with Gasteiger partial charge in [0, 0.05) is 23.4 Å². The van der Waals surface area contributed by atoms with Gasteiger partial charge in [0.1, 0.15) is 5.75 Å². The molecule has 5 heteroatoms. The minimum absolute atomic E-state index is 0.234. The van der Waals surface area contributed by atoms with E-state index < -0.39 is 0 Å². The van der Waals surface area contributed by atoms with Crippen molar-refractivity contribution in [3.63, 3.8) is 0 Å². The number of ether oxygens (including phenoxy) is 1. The van der Waals surface area contributed by atoms with Gasteiger partial charge < -0.3 is 4.74 Å². The third-order valence-electron chi connectivity index (χ3n) is 2.18. The van der Waals surface area contributed by atoms with Gasteiger partial charge in [0.05, 0.1) is 19.0 Å². The van der Waals surface area contributed by atoms with E-state index in [-0.39, 0.29) is 5.56 Å². The molecule has 0 spiro atoms. The van der Waals surface area contributed by atoms with Crippen molar-refractivity contribution in [2.24, 2.45) is 0 Å². The molecule has 0 aliphatic carbocycles. The topological polar surface area (TPSA) is 67.9 Å². The Balaban J connectivity index is 2.29. The number of nitrogens with zero attached hydrogens (tertiary/aromatic N) is 2. The van der Waals surface area contributed by atoms with Crippen molar-refractivity contribution in [1.29, 1.82) is 0 Å². The molecule has 5 nitrogen and oxygen atoms in total. The van der Waals surface area contributed by atoms with Crippen molar-refractivity contribution in [2.75, 3.05) is 6.61 Å². The second kappa shape index (κ2) is 5.25. The number of H-pyrrole nitrogens is 1. The molecular formula is C12H13N3O2. The van der Waals surface area contributed by atoms with Crippen LogP contribution in [0.3, 0.4) is 0 Å². The molecule has 2 aromatic rings. The van der Waals surface area contributed by atoms with Gasteiger partial charge in [-0.15, -0.1) is 0 Å². The number of hydrogen-bond donors (Lipinski definition) is 1. The van der Waals surface area contributed by atoms with Gasteiger partial charge in [-0.1, -0.05) is 6.92 Å². The van der Waals surface area contributed by atoms with Gasteiger partial charge in [-0.2, -0.15) is 5.10 Å². The largest absolute Gasteiger partial charge is 0.492 e. The number of aromatic nitrogens is 3. The summed E-state index contributed by atoms with van der Waals surface area (Å²) in [5.74, 6) is 0.699.